The molecule has 3 rings (SSSR count). The number of anilines is 1. The summed E-state index contributed by atoms with van der Waals surface area (Å²) < 4.78 is 24.4. The molecule has 0 atom stereocenters. The van der Waals surface area contributed by atoms with Crippen LogP contribution in [-0.2, 0) is 14.8 Å². The average molecular weight is 467 g/mol. The molecule has 11 heteroatoms. The van der Waals surface area contributed by atoms with E-state index in [1.807, 2.05) is 13.8 Å². The molecule has 0 bridgehead atoms. The maximum Gasteiger partial charge on any atom is 0.262 e. The quantitative estimate of drug-likeness (QED) is 0.425. The normalized spacial score (nSPS) is 11.8. The van der Waals surface area contributed by atoms with E-state index in [-0.39, 0.29) is 28.2 Å². The molecule has 0 saturated carbocycles. The number of carbonyl (C=O) groups excluding carboxylic acids is 1. The number of nitrogens with one attached hydrogen (secondary N) is 1. The molecule has 0 fully saturated rings. The van der Waals surface area contributed by atoms with Crippen LogP contribution < -0.4 is 16.0 Å². The second-order valence-electron chi connectivity index (χ2n) is 6.73. The average Bonchev–Trinajstić information content (AvgIpc) is 2.65. The van der Waals surface area contributed by atoms with Gasteiger partial charge in [-0.2, -0.15) is 0 Å². The lowest BCUT2D eigenvalue weighted by molar-refractivity contribution is -0.113. The van der Waals surface area contributed by atoms with Gasteiger partial charge in [0.2, 0.25) is 15.9 Å². The van der Waals surface area contributed by atoms with Crippen molar-refractivity contribution in [2.24, 2.45) is 5.14 Å². The van der Waals surface area contributed by atoms with E-state index in [0.717, 1.165) is 11.8 Å². The van der Waals surface area contributed by atoms with Gasteiger partial charge < -0.3 is 5.32 Å². The first-order valence-corrected chi connectivity index (χ1v) is 11.7. The number of fused-ring (bicyclic) bond motifs is 1. The lowest BCUT2D eigenvalue weighted by Gasteiger charge is -2.16. The molecule has 8 nitrogen and oxygen atoms in total. The number of primary sulfonamides is 1. The van der Waals surface area contributed by atoms with E-state index in [9.17, 15) is 18.0 Å². The molecule has 0 aliphatic heterocycles. The minimum Gasteiger partial charge on any atom is -0.325 e. The van der Waals surface area contributed by atoms with Crippen molar-refractivity contribution in [1.82, 2.24) is 9.55 Å². The number of amides is 1. The fourth-order valence-corrected chi connectivity index (χ4v) is 4.44. The minimum absolute atomic E-state index is 0.0369. The highest BCUT2D eigenvalue weighted by Crippen LogP contribution is 2.23. The lowest BCUT2D eigenvalue weighted by Crippen LogP contribution is -2.25. The zero-order chi connectivity index (χ0) is 22.1. The van der Waals surface area contributed by atoms with Crippen LogP contribution in [0.3, 0.4) is 0 Å². The number of carbonyl (C=O) groups is 1. The molecular formula is C19H19ClN4O4S2. The maximum absolute atomic E-state index is 12.9. The van der Waals surface area contributed by atoms with Crippen LogP contribution in [0.2, 0.25) is 5.02 Å². The molecule has 0 unspecified atom stereocenters. The zero-order valence-electron chi connectivity index (χ0n) is 16.1. The van der Waals surface area contributed by atoms with E-state index in [4.69, 9.17) is 16.7 Å². The number of nitrogens with two attached hydrogens (primary N) is 1. The number of hydrogen-bond donors (Lipinski definition) is 2. The van der Waals surface area contributed by atoms with Crippen molar-refractivity contribution < 1.29 is 13.2 Å². The molecule has 2 aromatic carbocycles. The topological polar surface area (TPSA) is 124 Å². The highest BCUT2D eigenvalue weighted by molar-refractivity contribution is 7.99. The molecule has 30 heavy (non-hydrogen) atoms. The van der Waals surface area contributed by atoms with Gasteiger partial charge >= 0.3 is 0 Å². The molecule has 0 aliphatic carbocycles. The summed E-state index contributed by atoms with van der Waals surface area (Å²) in [4.78, 5) is 29.7. The van der Waals surface area contributed by atoms with Crippen LogP contribution in [0.15, 0.2) is 57.3 Å². The Bertz CT molecular complexity index is 1290. The van der Waals surface area contributed by atoms with E-state index in [1.165, 1.54) is 22.8 Å². The van der Waals surface area contributed by atoms with Crippen LogP contribution in [0.4, 0.5) is 5.69 Å². The molecule has 1 amide bonds. The van der Waals surface area contributed by atoms with Crippen LogP contribution in [0, 0.1) is 0 Å². The van der Waals surface area contributed by atoms with Gasteiger partial charge in [0.05, 0.1) is 21.6 Å². The molecule has 158 valence electrons. The Morgan fingerprint density at radius 2 is 2.00 bits per heavy atom. The second kappa shape index (κ2) is 8.76. The highest BCUT2D eigenvalue weighted by Gasteiger charge is 2.16. The zero-order valence-corrected chi connectivity index (χ0v) is 18.5. The number of nitrogens with zero attached hydrogens (tertiary/aromatic N) is 2. The summed E-state index contributed by atoms with van der Waals surface area (Å²) in [6.45, 7) is 3.71. The van der Waals surface area contributed by atoms with Crippen molar-refractivity contribution in [3.05, 3.63) is 57.8 Å². The largest absolute Gasteiger partial charge is 0.325 e. The van der Waals surface area contributed by atoms with Crippen LogP contribution in [0.1, 0.15) is 19.9 Å². The first-order chi connectivity index (χ1) is 14.1. The van der Waals surface area contributed by atoms with Crippen molar-refractivity contribution in [3.63, 3.8) is 0 Å². The number of benzene rings is 2. The fourth-order valence-electron chi connectivity index (χ4n) is 2.79. The highest BCUT2D eigenvalue weighted by atomic mass is 35.5. The minimum atomic E-state index is -3.88. The van der Waals surface area contributed by atoms with Gasteiger partial charge in [-0.1, -0.05) is 29.4 Å². The third-order valence-corrected chi connectivity index (χ3v) is 6.23. The summed E-state index contributed by atoms with van der Waals surface area (Å²) in [7, 11) is -3.88. The molecule has 1 heterocycles. The number of aromatic nitrogens is 2. The second-order valence-corrected chi connectivity index (χ2v) is 9.67. The Hall–Kier alpha value is -2.40. The smallest absolute Gasteiger partial charge is 0.262 e. The summed E-state index contributed by atoms with van der Waals surface area (Å²) >= 11 is 7.12. The number of thioether (sulfide) groups is 1. The van der Waals surface area contributed by atoms with Crippen LogP contribution in [0.5, 0.6) is 0 Å². The Morgan fingerprint density at radius 1 is 1.27 bits per heavy atom. The first-order valence-electron chi connectivity index (χ1n) is 8.83. The number of hydrogen-bond acceptors (Lipinski definition) is 6. The van der Waals surface area contributed by atoms with Gasteiger partial charge in [-0.05, 0) is 50.2 Å². The van der Waals surface area contributed by atoms with E-state index in [0.29, 0.717) is 26.8 Å². The summed E-state index contributed by atoms with van der Waals surface area (Å²) in [5, 5.41) is 9.02. The Kier molecular flexibility index (Phi) is 6.51. The fraction of sp³-hybridized carbons (Fsp3) is 0.211. The predicted octanol–water partition coefficient (Wildman–Crippen LogP) is 3.01. The standard InChI is InChI=1S/C19H19ClN4O4S2/c1-11(2)24-18(26)15-7-6-12(20)8-16(15)23-19(24)29-10-17(25)22-13-4-3-5-14(9-13)30(21,27)28/h3-9,11H,10H2,1-2H3,(H,22,25)(H2,21,27,28). The summed E-state index contributed by atoms with van der Waals surface area (Å²) in [6, 6.07) is 10.3. The molecule has 3 aromatic rings. The van der Waals surface area contributed by atoms with Gasteiger partial charge in [-0.3, -0.25) is 14.2 Å². The van der Waals surface area contributed by atoms with Crippen molar-refractivity contribution in [1.29, 1.82) is 0 Å². The first kappa shape index (κ1) is 22.3. The van der Waals surface area contributed by atoms with E-state index in [2.05, 4.69) is 10.3 Å². The van der Waals surface area contributed by atoms with Gasteiger partial charge in [0, 0.05) is 16.8 Å². The Morgan fingerprint density at radius 3 is 2.67 bits per heavy atom. The monoisotopic (exact) mass is 466 g/mol. The van der Waals surface area contributed by atoms with Crippen molar-refractivity contribution in [3.8, 4) is 0 Å². The van der Waals surface area contributed by atoms with Gasteiger partial charge in [-0.15, -0.1) is 0 Å². The molecule has 0 aliphatic rings. The van der Waals surface area contributed by atoms with Crippen molar-refractivity contribution >= 4 is 55.9 Å². The Balaban J connectivity index is 1.84. The predicted molar refractivity (Wildman–Crippen MR) is 119 cm³/mol. The van der Waals surface area contributed by atoms with Gasteiger partial charge in [0.15, 0.2) is 5.16 Å². The van der Waals surface area contributed by atoms with Crippen LogP contribution in [0.25, 0.3) is 10.9 Å². The number of sulfonamides is 1. The third-order valence-electron chi connectivity index (χ3n) is 4.13. The third kappa shape index (κ3) is 5.01. The van der Waals surface area contributed by atoms with E-state index >= 15 is 0 Å². The lowest BCUT2D eigenvalue weighted by atomic mass is 10.2. The number of rotatable bonds is 6. The van der Waals surface area contributed by atoms with Gasteiger partial charge in [0.25, 0.3) is 5.56 Å². The Labute approximate surface area is 182 Å². The van der Waals surface area contributed by atoms with Crippen LogP contribution >= 0.6 is 23.4 Å². The molecule has 3 N–H and O–H groups in total. The summed E-state index contributed by atoms with van der Waals surface area (Å²) in [5.41, 5.74) is 0.537. The van der Waals surface area contributed by atoms with E-state index < -0.39 is 10.0 Å². The van der Waals surface area contributed by atoms with Crippen LogP contribution in [-0.4, -0.2) is 29.6 Å². The van der Waals surface area contributed by atoms with Gasteiger partial charge in [-0.25, -0.2) is 18.5 Å². The maximum atomic E-state index is 12.9. The van der Waals surface area contributed by atoms with Crippen molar-refractivity contribution in [2.75, 3.05) is 11.1 Å². The SMILES string of the molecule is CC(C)n1c(SCC(=O)Nc2cccc(S(N)(=O)=O)c2)nc2cc(Cl)ccc2c1=O. The molecule has 0 radical (unpaired) electrons. The van der Waals surface area contributed by atoms with Crippen molar-refractivity contribution in [2.45, 2.75) is 29.9 Å². The molecule has 1 aromatic heterocycles. The molecule has 0 spiro atoms. The summed E-state index contributed by atoms with van der Waals surface area (Å²) in [6.07, 6.45) is 0. The van der Waals surface area contributed by atoms with Gasteiger partial charge in [0.1, 0.15) is 0 Å². The van der Waals surface area contributed by atoms with E-state index in [1.54, 1.807) is 24.3 Å². The molecular weight excluding hydrogens is 448 g/mol. The summed E-state index contributed by atoms with van der Waals surface area (Å²) in [5.74, 6) is -0.424. The number of halogens is 1. The molecule has 0 saturated heterocycles.